The second kappa shape index (κ2) is 11.5. The second-order valence-corrected chi connectivity index (χ2v) is 9.56. The molecule has 1 saturated heterocycles. The lowest BCUT2D eigenvalue weighted by Crippen LogP contribution is -2.38. The van der Waals surface area contributed by atoms with E-state index >= 15 is 0 Å². The van der Waals surface area contributed by atoms with Crippen molar-refractivity contribution in [2.24, 2.45) is 0 Å². The van der Waals surface area contributed by atoms with Gasteiger partial charge in [0.2, 0.25) is 5.91 Å². The maximum Gasteiger partial charge on any atom is 0.254 e. The van der Waals surface area contributed by atoms with Gasteiger partial charge in [-0.25, -0.2) is 4.39 Å². The predicted molar refractivity (Wildman–Crippen MR) is 142 cm³/mol. The van der Waals surface area contributed by atoms with Crippen LogP contribution in [0.5, 0.6) is 11.5 Å². The van der Waals surface area contributed by atoms with Gasteiger partial charge in [-0.2, -0.15) is 0 Å². The van der Waals surface area contributed by atoms with Gasteiger partial charge in [-0.3, -0.25) is 9.59 Å². The lowest BCUT2D eigenvalue weighted by Gasteiger charge is -2.32. The molecule has 0 saturated carbocycles. The Labute approximate surface area is 217 Å². The average molecular weight is 505 g/mol. The van der Waals surface area contributed by atoms with Crippen molar-refractivity contribution in [2.75, 3.05) is 32.6 Å². The molecule has 1 aliphatic rings. The van der Waals surface area contributed by atoms with E-state index in [9.17, 15) is 14.0 Å². The molecular weight excluding hydrogens is 471 g/mol. The number of aryl methyl sites for hydroxylation is 1. The number of piperidine rings is 1. The first kappa shape index (κ1) is 26.2. The molecule has 0 radical (unpaired) electrons. The van der Waals surface area contributed by atoms with Crippen molar-refractivity contribution in [3.63, 3.8) is 0 Å². The molecule has 1 N–H and O–H groups in total. The zero-order chi connectivity index (χ0) is 26.5. The first-order valence-corrected chi connectivity index (χ1v) is 12.4. The Kier molecular flexibility index (Phi) is 8.11. The topological polar surface area (TPSA) is 67.9 Å². The molecule has 3 aromatic rings. The van der Waals surface area contributed by atoms with Crippen LogP contribution in [0.4, 0.5) is 10.1 Å². The van der Waals surface area contributed by atoms with E-state index in [4.69, 9.17) is 9.47 Å². The molecule has 194 valence electrons. The lowest BCUT2D eigenvalue weighted by atomic mass is 9.89. The summed E-state index contributed by atoms with van der Waals surface area (Å²) in [5, 5.41) is 2.89. The van der Waals surface area contributed by atoms with Crippen LogP contribution in [-0.4, -0.2) is 44.0 Å². The van der Waals surface area contributed by atoms with E-state index in [2.05, 4.69) is 5.32 Å². The Bertz CT molecular complexity index is 1240. The Morgan fingerprint density at radius 2 is 1.57 bits per heavy atom. The van der Waals surface area contributed by atoms with Crippen molar-refractivity contribution in [1.82, 2.24) is 4.90 Å². The molecule has 0 unspecified atom stereocenters. The maximum atomic E-state index is 13.6. The summed E-state index contributed by atoms with van der Waals surface area (Å²) in [6.07, 6.45) is 1.83. The van der Waals surface area contributed by atoms with E-state index in [1.807, 2.05) is 42.2 Å². The molecule has 0 atom stereocenters. The summed E-state index contributed by atoms with van der Waals surface area (Å²) in [7, 11) is 3.17. The minimum atomic E-state index is -0.335. The molecule has 0 bridgehead atoms. The smallest absolute Gasteiger partial charge is 0.254 e. The van der Waals surface area contributed by atoms with Gasteiger partial charge in [0.25, 0.3) is 5.91 Å². The van der Waals surface area contributed by atoms with Crippen LogP contribution in [0.15, 0.2) is 54.6 Å². The van der Waals surface area contributed by atoms with Crippen LogP contribution >= 0.6 is 0 Å². The molecule has 0 spiro atoms. The van der Waals surface area contributed by atoms with Gasteiger partial charge in [0.15, 0.2) is 0 Å². The van der Waals surface area contributed by atoms with Gasteiger partial charge in [0.1, 0.15) is 17.3 Å². The number of hydrogen-bond donors (Lipinski definition) is 1. The molecule has 2 amide bonds. The minimum absolute atomic E-state index is 0.0263. The largest absolute Gasteiger partial charge is 0.496 e. The molecule has 0 aromatic heterocycles. The molecule has 4 rings (SSSR count). The molecular formula is C30H33FN2O4. The van der Waals surface area contributed by atoms with E-state index in [0.29, 0.717) is 47.3 Å². The number of rotatable bonds is 7. The Balaban J connectivity index is 1.33. The predicted octanol–water partition coefficient (Wildman–Crippen LogP) is 5.66. The van der Waals surface area contributed by atoms with Gasteiger partial charge in [-0.15, -0.1) is 0 Å². The van der Waals surface area contributed by atoms with Gasteiger partial charge in [0.05, 0.1) is 20.6 Å². The van der Waals surface area contributed by atoms with Crippen molar-refractivity contribution >= 4 is 17.5 Å². The zero-order valence-corrected chi connectivity index (χ0v) is 21.8. The quantitative estimate of drug-likeness (QED) is 0.451. The third-order valence-corrected chi connectivity index (χ3v) is 6.91. The number of anilines is 1. The van der Waals surface area contributed by atoms with Crippen molar-refractivity contribution < 1.29 is 23.5 Å². The molecule has 1 aliphatic heterocycles. The van der Waals surface area contributed by atoms with Crippen molar-refractivity contribution in [1.29, 1.82) is 0 Å². The van der Waals surface area contributed by atoms with E-state index in [1.165, 1.54) is 17.7 Å². The normalized spacial score (nSPS) is 13.8. The Morgan fingerprint density at radius 3 is 2.14 bits per heavy atom. The molecule has 37 heavy (non-hydrogen) atoms. The number of nitrogens with zero attached hydrogens (tertiary/aromatic N) is 1. The number of hydrogen-bond acceptors (Lipinski definition) is 4. The standard InChI is InChI=1S/C30H33FN2O4/c1-19-13-21(15-25(31)14-19)16-29(34)32-26-7-5-22(6-8-26)23-9-11-33(12-10-23)30(35)24-17-27(36-3)20(2)28(18-24)37-4/h5-8,13-15,17-18,23H,9-12,16H2,1-4H3,(H,32,34). The average Bonchev–Trinajstić information content (AvgIpc) is 2.88. The number of benzene rings is 3. The molecule has 6 nitrogen and oxygen atoms in total. The first-order valence-electron chi connectivity index (χ1n) is 12.4. The Hall–Kier alpha value is -3.87. The van der Waals surface area contributed by atoms with Gasteiger partial charge in [-0.05, 0) is 85.7 Å². The Morgan fingerprint density at radius 1 is 0.946 bits per heavy atom. The fourth-order valence-electron chi connectivity index (χ4n) is 4.95. The zero-order valence-electron chi connectivity index (χ0n) is 21.8. The van der Waals surface area contributed by atoms with Gasteiger partial charge in [0, 0.05) is 29.9 Å². The van der Waals surface area contributed by atoms with E-state index < -0.39 is 0 Å². The van der Waals surface area contributed by atoms with Crippen LogP contribution in [0, 0.1) is 19.7 Å². The third-order valence-electron chi connectivity index (χ3n) is 6.91. The molecule has 1 heterocycles. The van der Waals surface area contributed by atoms with Gasteiger partial charge < -0.3 is 19.7 Å². The van der Waals surface area contributed by atoms with Crippen molar-refractivity contribution in [3.05, 3.63) is 88.2 Å². The van der Waals surface area contributed by atoms with Crippen LogP contribution in [0.3, 0.4) is 0 Å². The highest BCUT2D eigenvalue weighted by Gasteiger charge is 2.26. The summed E-state index contributed by atoms with van der Waals surface area (Å²) >= 11 is 0. The highest BCUT2D eigenvalue weighted by molar-refractivity contribution is 5.95. The maximum absolute atomic E-state index is 13.6. The van der Waals surface area contributed by atoms with Crippen molar-refractivity contribution in [3.8, 4) is 11.5 Å². The number of nitrogens with one attached hydrogen (secondary N) is 1. The van der Waals surface area contributed by atoms with Crippen LogP contribution in [0.1, 0.15) is 51.4 Å². The summed E-state index contributed by atoms with van der Waals surface area (Å²) in [4.78, 5) is 27.5. The minimum Gasteiger partial charge on any atom is -0.496 e. The summed E-state index contributed by atoms with van der Waals surface area (Å²) in [5.41, 5.74) is 4.75. The number of likely N-dealkylation sites (tertiary alicyclic amines) is 1. The number of amides is 2. The number of ether oxygens (including phenoxy) is 2. The summed E-state index contributed by atoms with van der Waals surface area (Å²) < 4.78 is 24.4. The van der Waals surface area contributed by atoms with Crippen LogP contribution in [-0.2, 0) is 11.2 Å². The molecule has 7 heteroatoms. The SMILES string of the molecule is COc1cc(C(=O)N2CCC(c3ccc(NC(=O)Cc4cc(C)cc(F)c4)cc3)CC2)cc(OC)c1C. The highest BCUT2D eigenvalue weighted by Crippen LogP contribution is 2.32. The van der Waals surface area contributed by atoms with Gasteiger partial charge >= 0.3 is 0 Å². The van der Waals surface area contributed by atoms with E-state index in [0.717, 1.165) is 24.0 Å². The summed E-state index contributed by atoms with van der Waals surface area (Å²) in [5.74, 6) is 1.06. The fourth-order valence-corrected chi connectivity index (χ4v) is 4.95. The lowest BCUT2D eigenvalue weighted by molar-refractivity contribution is -0.115. The number of halogens is 1. The van der Waals surface area contributed by atoms with Crippen LogP contribution < -0.4 is 14.8 Å². The van der Waals surface area contributed by atoms with Crippen LogP contribution in [0.2, 0.25) is 0 Å². The monoisotopic (exact) mass is 504 g/mol. The number of methoxy groups -OCH3 is 2. The fraction of sp³-hybridized carbons (Fsp3) is 0.333. The molecule has 1 fully saturated rings. The summed E-state index contributed by atoms with van der Waals surface area (Å²) in [6.45, 7) is 5.03. The number of carbonyl (C=O) groups is 2. The number of carbonyl (C=O) groups excluding carboxylic acids is 2. The molecule has 0 aliphatic carbocycles. The van der Waals surface area contributed by atoms with Crippen LogP contribution in [0.25, 0.3) is 0 Å². The first-order chi connectivity index (χ1) is 17.8. The van der Waals surface area contributed by atoms with E-state index in [-0.39, 0.29) is 24.1 Å². The van der Waals surface area contributed by atoms with Gasteiger partial charge in [-0.1, -0.05) is 18.2 Å². The highest BCUT2D eigenvalue weighted by atomic mass is 19.1. The van der Waals surface area contributed by atoms with E-state index in [1.54, 1.807) is 33.3 Å². The second-order valence-electron chi connectivity index (χ2n) is 9.56. The third kappa shape index (κ3) is 6.28. The van der Waals surface area contributed by atoms with Crippen molar-refractivity contribution in [2.45, 2.75) is 39.0 Å². The summed E-state index contributed by atoms with van der Waals surface area (Å²) in [6, 6.07) is 16.0. The molecule has 3 aromatic carbocycles.